The highest BCUT2D eigenvalue weighted by molar-refractivity contribution is 5.88. The molecule has 1 N–H and O–H groups in total. The van der Waals surface area contributed by atoms with Crippen molar-refractivity contribution in [3.8, 4) is 11.5 Å². The van der Waals surface area contributed by atoms with Crippen LogP contribution < -0.4 is 14.8 Å². The molecule has 0 saturated heterocycles. The normalized spacial score (nSPS) is 10.7. The SMILES string of the molecule is O=C(COC(=O)c1ccc(COc2ccc(F)cc2)o1)NCCc1ccc(OC(F)F)cc1. The molecular weight excluding hydrogens is 443 g/mol. The lowest BCUT2D eigenvalue weighted by molar-refractivity contribution is -0.124. The number of hydrogen-bond donors (Lipinski definition) is 1. The van der Waals surface area contributed by atoms with Gasteiger partial charge in [-0.15, -0.1) is 0 Å². The number of ether oxygens (including phenoxy) is 3. The Hall–Kier alpha value is -3.95. The molecule has 33 heavy (non-hydrogen) atoms. The first-order valence-corrected chi connectivity index (χ1v) is 9.83. The zero-order valence-corrected chi connectivity index (χ0v) is 17.3. The van der Waals surface area contributed by atoms with Crippen molar-refractivity contribution in [2.45, 2.75) is 19.6 Å². The fourth-order valence-corrected chi connectivity index (χ4v) is 2.69. The van der Waals surface area contributed by atoms with E-state index in [9.17, 15) is 22.8 Å². The molecule has 0 aliphatic heterocycles. The van der Waals surface area contributed by atoms with Crippen LogP contribution >= 0.6 is 0 Å². The largest absolute Gasteiger partial charge is 0.486 e. The summed E-state index contributed by atoms with van der Waals surface area (Å²) in [5, 5.41) is 2.59. The van der Waals surface area contributed by atoms with Crippen LogP contribution in [0.5, 0.6) is 11.5 Å². The fourth-order valence-electron chi connectivity index (χ4n) is 2.69. The number of esters is 1. The van der Waals surface area contributed by atoms with E-state index in [1.807, 2.05) is 0 Å². The van der Waals surface area contributed by atoms with Gasteiger partial charge in [-0.2, -0.15) is 8.78 Å². The maximum absolute atomic E-state index is 12.9. The molecule has 0 atom stereocenters. The van der Waals surface area contributed by atoms with E-state index in [2.05, 4.69) is 10.1 Å². The first-order chi connectivity index (χ1) is 15.9. The molecule has 0 aliphatic carbocycles. The Kier molecular flexibility index (Phi) is 8.34. The monoisotopic (exact) mass is 463 g/mol. The van der Waals surface area contributed by atoms with Crippen molar-refractivity contribution >= 4 is 11.9 Å². The van der Waals surface area contributed by atoms with Crippen molar-refractivity contribution in [1.82, 2.24) is 5.32 Å². The van der Waals surface area contributed by atoms with Crippen LogP contribution in [0, 0.1) is 5.82 Å². The van der Waals surface area contributed by atoms with Crippen molar-refractivity contribution in [1.29, 1.82) is 0 Å². The molecule has 1 heterocycles. The summed E-state index contributed by atoms with van der Waals surface area (Å²) in [7, 11) is 0. The highest BCUT2D eigenvalue weighted by Gasteiger charge is 2.15. The van der Waals surface area contributed by atoms with Crippen molar-refractivity contribution in [2.24, 2.45) is 0 Å². The molecule has 0 fully saturated rings. The number of rotatable bonds is 11. The van der Waals surface area contributed by atoms with Crippen LogP contribution in [-0.4, -0.2) is 31.6 Å². The summed E-state index contributed by atoms with van der Waals surface area (Å²) < 4.78 is 57.1. The Bertz CT molecular complexity index is 1050. The van der Waals surface area contributed by atoms with Crippen LogP contribution in [0.2, 0.25) is 0 Å². The van der Waals surface area contributed by atoms with Crippen molar-refractivity contribution in [3.63, 3.8) is 0 Å². The molecule has 0 unspecified atom stereocenters. The second kappa shape index (κ2) is 11.6. The van der Waals surface area contributed by atoms with Gasteiger partial charge in [-0.25, -0.2) is 9.18 Å². The van der Waals surface area contributed by atoms with E-state index >= 15 is 0 Å². The van der Waals surface area contributed by atoms with Crippen LogP contribution in [-0.2, 0) is 22.6 Å². The first kappa shape index (κ1) is 23.7. The van der Waals surface area contributed by atoms with Crippen LogP contribution in [0.3, 0.4) is 0 Å². The Labute approximate surface area is 187 Å². The highest BCUT2D eigenvalue weighted by Crippen LogP contribution is 2.16. The van der Waals surface area contributed by atoms with Gasteiger partial charge in [0.15, 0.2) is 6.61 Å². The number of carbonyl (C=O) groups is 2. The smallest absolute Gasteiger partial charge is 0.387 e. The molecule has 2 aromatic carbocycles. The van der Waals surface area contributed by atoms with Crippen LogP contribution in [0.15, 0.2) is 65.1 Å². The maximum Gasteiger partial charge on any atom is 0.387 e. The molecule has 0 aliphatic rings. The Balaban J connectivity index is 1.35. The summed E-state index contributed by atoms with van der Waals surface area (Å²) in [6.45, 7) is -3.10. The third kappa shape index (κ3) is 7.91. The average molecular weight is 463 g/mol. The van der Waals surface area contributed by atoms with Crippen molar-refractivity contribution in [2.75, 3.05) is 13.2 Å². The van der Waals surface area contributed by atoms with E-state index in [0.717, 1.165) is 5.56 Å². The van der Waals surface area contributed by atoms with E-state index in [4.69, 9.17) is 13.9 Å². The standard InChI is InChI=1S/C23H20F3NO6/c24-16-3-7-17(8-4-16)30-13-19-9-10-20(32-19)22(29)31-14-21(28)27-12-11-15-1-5-18(6-2-15)33-23(25)26/h1-10,23H,11-14H2,(H,27,28). The van der Waals surface area contributed by atoms with Crippen molar-refractivity contribution in [3.05, 3.63) is 83.6 Å². The fraction of sp³-hybridized carbons (Fsp3) is 0.217. The number of nitrogens with one attached hydrogen (secondary N) is 1. The topological polar surface area (TPSA) is 87.0 Å². The molecule has 0 saturated carbocycles. The van der Waals surface area contributed by atoms with Gasteiger partial charge in [0.25, 0.3) is 5.91 Å². The minimum Gasteiger partial charge on any atom is -0.486 e. The Morgan fingerprint density at radius 1 is 0.939 bits per heavy atom. The van der Waals surface area contributed by atoms with Crippen LogP contribution in [0.25, 0.3) is 0 Å². The van der Waals surface area contributed by atoms with Crippen LogP contribution in [0.1, 0.15) is 21.9 Å². The first-order valence-electron chi connectivity index (χ1n) is 9.83. The molecule has 1 amide bonds. The van der Waals surface area contributed by atoms with E-state index in [0.29, 0.717) is 17.9 Å². The number of furan rings is 1. The summed E-state index contributed by atoms with van der Waals surface area (Å²) in [5.74, 6) is -0.961. The second-order valence-electron chi connectivity index (χ2n) is 6.71. The number of benzene rings is 2. The molecule has 3 aromatic rings. The summed E-state index contributed by atoms with van der Waals surface area (Å²) in [5.41, 5.74) is 0.805. The van der Waals surface area contributed by atoms with E-state index in [1.165, 1.54) is 48.5 Å². The Morgan fingerprint density at radius 3 is 2.33 bits per heavy atom. The van der Waals surface area contributed by atoms with Crippen LogP contribution in [0.4, 0.5) is 13.2 Å². The number of alkyl halides is 2. The average Bonchev–Trinajstić information content (AvgIpc) is 3.27. The van der Waals surface area contributed by atoms with E-state index in [-0.39, 0.29) is 30.5 Å². The molecule has 0 spiro atoms. The molecule has 7 nitrogen and oxygen atoms in total. The lowest BCUT2D eigenvalue weighted by Gasteiger charge is -2.07. The number of halogens is 3. The minimum absolute atomic E-state index is 0.0225. The second-order valence-corrected chi connectivity index (χ2v) is 6.71. The molecule has 10 heteroatoms. The third-order valence-corrected chi connectivity index (χ3v) is 4.28. The number of hydrogen-bond acceptors (Lipinski definition) is 6. The van der Waals surface area contributed by atoms with Gasteiger partial charge in [0.2, 0.25) is 5.76 Å². The highest BCUT2D eigenvalue weighted by atomic mass is 19.3. The molecular formula is C23H20F3NO6. The summed E-state index contributed by atoms with van der Waals surface area (Å²) in [6.07, 6.45) is 0.449. The molecule has 3 rings (SSSR count). The lowest BCUT2D eigenvalue weighted by atomic mass is 10.1. The van der Waals surface area contributed by atoms with Gasteiger partial charge in [0.05, 0.1) is 0 Å². The molecule has 1 aromatic heterocycles. The zero-order valence-electron chi connectivity index (χ0n) is 17.3. The van der Waals surface area contributed by atoms with Gasteiger partial charge in [-0.05, 0) is 60.5 Å². The summed E-state index contributed by atoms with van der Waals surface area (Å²) in [4.78, 5) is 23.9. The van der Waals surface area contributed by atoms with Gasteiger partial charge < -0.3 is 23.9 Å². The number of amides is 1. The van der Waals surface area contributed by atoms with Gasteiger partial charge in [-0.3, -0.25) is 4.79 Å². The summed E-state index contributed by atoms with van der Waals surface area (Å²) >= 11 is 0. The lowest BCUT2D eigenvalue weighted by Crippen LogP contribution is -2.30. The predicted octanol–water partition coefficient (Wildman–Crippen LogP) is 4.11. The van der Waals surface area contributed by atoms with Gasteiger partial charge in [0.1, 0.15) is 29.7 Å². The van der Waals surface area contributed by atoms with Gasteiger partial charge >= 0.3 is 12.6 Å². The third-order valence-electron chi connectivity index (χ3n) is 4.28. The predicted molar refractivity (Wildman–Crippen MR) is 110 cm³/mol. The summed E-state index contributed by atoms with van der Waals surface area (Å²) in [6, 6.07) is 14.4. The Morgan fingerprint density at radius 2 is 1.64 bits per heavy atom. The van der Waals surface area contributed by atoms with Crippen molar-refractivity contribution < 1.29 is 41.4 Å². The quantitative estimate of drug-likeness (QED) is 0.431. The molecule has 0 radical (unpaired) electrons. The van der Waals surface area contributed by atoms with E-state index < -0.39 is 25.1 Å². The van der Waals surface area contributed by atoms with Gasteiger partial charge in [-0.1, -0.05) is 12.1 Å². The minimum atomic E-state index is -2.89. The zero-order chi connectivity index (χ0) is 23.6. The number of carbonyl (C=O) groups excluding carboxylic acids is 2. The van der Waals surface area contributed by atoms with E-state index in [1.54, 1.807) is 12.1 Å². The molecule has 0 bridgehead atoms. The molecule has 174 valence electrons. The van der Waals surface area contributed by atoms with Gasteiger partial charge in [0, 0.05) is 6.54 Å². The maximum atomic E-state index is 12.9.